The number of thioether (sulfide) groups is 1. The average molecular weight is 368 g/mol. The fourth-order valence-corrected chi connectivity index (χ4v) is 3.03. The molecule has 1 atom stereocenters. The molecule has 0 aromatic carbocycles. The van der Waals surface area contributed by atoms with E-state index in [1.54, 1.807) is 14.2 Å². The van der Waals surface area contributed by atoms with E-state index < -0.39 is 6.35 Å². The van der Waals surface area contributed by atoms with Crippen molar-refractivity contribution in [2.75, 3.05) is 27.1 Å². The van der Waals surface area contributed by atoms with E-state index in [1.165, 1.54) is 16.8 Å². The van der Waals surface area contributed by atoms with E-state index in [0.29, 0.717) is 5.90 Å². The van der Waals surface area contributed by atoms with Gasteiger partial charge in [0.2, 0.25) is 5.90 Å². The smallest absolute Gasteiger partial charge is 0.254 e. The number of halogens is 1. The maximum absolute atomic E-state index is 5.40. The van der Waals surface area contributed by atoms with Crippen molar-refractivity contribution in [1.82, 2.24) is 5.06 Å². The van der Waals surface area contributed by atoms with Gasteiger partial charge in [0.1, 0.15) is 15.2 Å². The summed E-state index contributed by atoms with van der Waals surface area (Å²) in [4.78, 5) is 10.6. The first-order chi connectivity index (χ1) is 8.19. The minimum absolute atomic E-state index is 0.159. The Bertz CT molecular complexity index is 378. The van der Waals surface area contributed by atoms with Gasteiger partial charge in [0.05, 0.1) is 7.11 Å². The Morgan fingerprint density at radius 2 is 2.29 bits per heavy atom. The van der Waals surface area contributed by atoms with Gasteiger partial charge < -0.3 is 9.47 Å². The monoisotopic (exact) mass is 368 g/mol. The van der Waals surface area contributed by atoms with E-state index in [1.807, 2.05) is 6.26 Å². The summed E-state index contributed by atoms with van der Waals surface area (Å²) in [6.07, 6.45) is 6.53. The first-order valence-electron chi connectivity index (χ1n) is 4.63. The highest BCUT2D eigenvalue weighted by Gasteiger charge is 2.30. The molecule has 5 nitrogen and oxygen atoms in total. The number of terminal acetylenes is 1. The summed E-state index contributed by atoms with van der Waals surface area (Å²) in [6, 6.07) is 0. The zero-order valence-corrected chi connectivity index (χ0v) is 12.7. The lowest BCUT2D eigenvalue weighted by Crippen LogP contribution is -2.38. The van der Waals surface area contributed by atoms with Crippen LogP contribution in [0.5, 0.6) is 0 Å². The van der Waals surface area contributed by atoms with Gasteiger partial charge in [-0.1, -0.05) is 5.92 Å². The van der Waals surface area contributed by atoms with Crippen molar-refractivity contribution in [2.24, 2.45) is 4.99 Å². The molecule has 0 spiro atoms. The topological polar surface area (TPSA) is 43.3 Å². The molecule has 1 heterocycles. The van der Waals surface area contributed by atoms with Crippen molar-refractivity contribution in [3.63, 3.8) is 0 Å². The van der Waals surface area contributed by atoms with E-state index in [-0.39, 0.29) is 6.61 Å². The van der Waals surface area contributed by atoms with Crippen LogP contribution in [0.1, 0.15) is 0 Å². The number of methoxy groups -OCH3 is 2. The van der Waals surface area contributed by atoms with E-state index in [2.05, 4.69) is 33.5 Å². The molecular formula is C10H13IN2O3S. The number of rotatable bonds is 4. The van der Waals surface area contributed by atoms with Crippen LogP contribution in [0.4, 0.5) is 0 Å². The minimum atomic E-state index is -0.582. The summed E-state index contributed by atoms with van der Waals surface area (Å²) in [5.74, 6) is 2.94. The quantitative estimate of drug-likeness (QED) is 0.430. The summed E-state index contributed by atoms with van der Waals surface area (Å²) in [7, 11) is 3.12. The Morgan fingerprint density at radius 1 is 1.59 bits per heavy atom. The zero-order valence-electron chi connectivity index (χ0n) is 9.77. The van der Waals surface area contributed by atoms with Gasteiger partial charge in [0, 0.05) is 7.11 Å². The Labute approximate surface area is 119 Å². The molecule has 17 heavy (non-hydrogen) atoms. The molecule has 0 saturated carbocycles. The third-order valence-corrected chi connectivity index (χ3v) is 4.06. The number of hydrogen-bond donors (Lipinski definition) is 0. The van der Waals surface area contributed by atoms with Gasteiger partial charge in [-0.15, -0.1) is 18.2 Å². The molecule has 0 N–H and O–H groups in total. The molecule has 0 fully saturated rings. The first-order valence-corrected chi connectivity index (χ1v) is 6.94. The second kappa shape index (κ2) is 7.10. The van der Waals surface area contributed by atoms with Crippen LogP contribution in [-0.2, 0) is 14.3 Å². The van der Waals surface area contributed by atoms with E-state index in [9.17, 15) is 0 Å². The summed E-state index contributed by atoms with van der Waals surface area (Å²) in [5.41, 5.74) is 0. The van der Waals surface area contributed by atoms with Crippen LogP contribution in [0.25, 0.3) is 0 Å². The van der Waals surface area contributed by atoms with Gasteiger partial charge in [-0.05, 0) is 28.8 Å². The van der Waals surface area contributed by atoms with Crippen molar-refractivity contribution < 1.29 is 14.3 Å². The van der Waals surface area contributed by atoms with Crippen LogP contribution < -0.4 is 0 Å². The molecule has 0 aromatic rings. The molecule has 0 saturated heterocycles. The van der Waals surface area contributed by atoms with E-state index >= 15 is 0 Å². The second-order valence-electron chi connectivity index (χ2n) is 2.83. The van der Waals surface area contributed by atoms with Gasteiger partial charge in [-0.25, -0.2) is 0 Å². The Kier molecular flexibility index (Phi) is 6.11. The lowest BCUT2D eigenvalue weighted by molar-refractivity contribution is -0.206. The molecule has 94 valence electrons. The Morgan fingerprint density at radius 3 is 2.76 bits per heavy atom. The highest BCUT2D eigenvalue weighted by Crippen LogP contribution is 2.33. The number of hydroxylamine groups is 2. The van der Waals surface area contributed by atoms with Crippen molar-refractivity contribution >= 4 is 40.3 Å². The van der Waals surface area contributed by atoms with Gasteiger partial charge in [0.15, 0.2) is 0 Å². The number of hydrogen-bond acceptors (Lipinski definition) is 6. The number of nitrogens with zero attached hydrogens (tertiary/aromatic N) is 2. The molecule has 0 amide bonds. The van der Waals surface area contributed by atoms with Gasteiger partial charge >= 0.3 is 0 Å². The normalized spacial score (nSPS) is 20.1. The van der Waals surface area contributed by atoms with Gasteiger partial charge in [-0.3, -0.25) is 4.84 Å². The first kappa shape index (κ1) is 14.6. The number of aliphatic imine (C=N–C) groups is 1. The van der Waals surface area contributed by atoms with Crippen LogP contribution in [0, 0.1) is 12.3 Å². The maximum Gasteiger partial charge on any atom is 0.254 e. The molecule has 1 rings (SSSR count). The SMILES string of the molecule is C#CCON1C(I)=C(SC)C(OC)=NC1OC. The van der Waals surface area contributed by atoms with E-state index in [0.717, 1.165) is 8.61 Å². The lowest BCUT2D eigenvalue weighted by atomic mass is 10.5. The summed E-state index contributed by atoms with van der Waals surface area (Å²) < 4.78 is 11.3. The fraction of sp³-hybridized carbons (Fsp3) is 0.500. The third kappa shape index (κ3) is 3.28. The summed E-state index contributed by atoms with van der Waals surface area (Å²) in [5, 5.41) is 1.54. The fourth-order valence-electron chi connectivity index (χ4n) is 1.19. The Balaban J connectivity index is 3.01. The molecular weight excluding hydrogens is 355 g/mol. The molecule has 0 aliphatic carbocycles. The minimum Gasteiger partial charge on any atom is -0.480 e. The maximum atomic E-state index is 5.40. The van der Waals surface area contributed by atoms with Crippen LogP contribution >= 0.6 is 34.4 Å². The molecule has 1 unspecified atom stereocenters. The summed E-state index contributed by atoms with van der Waals surface area (Å²) in [6.45, 7) is 0.159. The number of ether oxygens (including phenoxy) is 2. The third-order valence-electron chi connectivity index (χ3n) is 1.90. The molecule has 0 aromatic heterocycles. The Hall–Kier alpha value is -0.430. The second-order valence-corrected chi connectivity index (χ2v) is 4.67. The largest absolute Gasteiger partial charge is 0.480 e. The van der Waals surface area contributed by atoms with Crippen molar-refractivity contribution in [3.8, 4) is 12.3 Å². The van der Waals surface area contributed by atoms with Crippen LogP contribution in [0.3, 0.4) is 0 Å². The van der Waals surface area contributed by atoms with Crippen molar-refractivity contribution in [3.05, 3.63) is 8.61 Å². The van der Waals surface area contributed by atoms with Gasteiger partial charge in [0.25, 0.3) is 6.35 Å². The molecule has 1 aliphatic rings. The molecule has 1 aliphatic heterocycles. The van der Waals surface area contributed by atoms with Crippen LogP contribution in [-0.4, -0.2) is 44.4 Å². The lowest BCUT2D eigenvalue weighted by Gasteiger charge is -2.32. The average Bonchev–Trinajstić information content (AvgIpc) is 2.36. The highest BCUT2D eigenvalue weighted by molar-refractivity contribution is 14.1. The predicted molar refractivity (Wildman–Crippen MR) is 76.4 cm³/mol. The van der Waals surface area contributed by atoms with Crippen molar-refractivity contribution in [1.29, 1.82) is 0 Å². The van der Waals surface area contributed by atoms with Gasteiger partial charge in [-0.2, -0.15) is 10.1 Å². The van der Waals surface area contributed by atoms with Crippen LogP contribution in [0.15, 0.2) is 13.6 Å². The standard InChI is InChI=1S/C10H13IN2O3S/c1-5-6-16-13-8(11)7(17-4)9(14-2)12-10(13)15-3/h1,10H,6H2,2-4H3. The van der Waals surface area contributed by atoms with Crippen molar-refractivity contribution in [2.45, 2.75) is 6.35 Å². The predicted octanol–water partition coefficient (Wildman–Crippen LogP) is 1.81. The highest BCUT2D eigenvalue weighted by atomic mass is 127. The summed E-state index contributed by atoms with van der Waals surface area (Å²) >= 11 is 3.67. The molecule has 0 radical (unpaired) electrons. The zero-order chi connectivity index (χ0) is 12.8. The van der Waals surface area contributed by atoms with Crippen LogP contribution in [0.2, 0.25) is 0 Å². The molecule has 7 heteroatoms. The van der Waals surface area contributed by atoms with E-state index in [4.69, 9.17) is 20.7 Å². The molecule has 0 bridgehead atoms.